The van der Waals surface area contributed by atoms with Gasteiger partial charge in [0, 0.05) is 5.02 Å². The van der Waals surface area contributed by atoms with Crippen LogP contribution < -0.4 is 0 Å². The van der Waals surface area contributed by atoms with Gasteiger partial charge in [-0.05, 0) is 18.2 Å². The smallest absolute Gasteiger partial charge is 0.282 e. The van der Waals surface area contributed by atoms with Crippen LogP contribution in [-0.4, -0.2) is 13.0 Å². The molecule has 6 heteroatoms. The molecule has 0 aliphatic heterocycles. The summed E-state index contributed by atoms with van der Waals surface area (Å²) in [6.45, 7) is 0. The lowest BCUT2D eigenvalue weighted by molar-refractivity contribution is 0.483. The van der Waals surface area contributed by atoms with Gasteiger partial charge in [-0.25, -0.2) is 0 Å². The summed E-state index contributed by atoms with van der Waals surface area (Å²) < 4.78 is 29.5. The standard InChI is InChI=1S/C6H5ClO3S.FH/c7-5-2-1-3-6(4-5)11(8,9)10;/h1-4H,(H,8,9,10);1H. The summed E-state index contributed by atoms with van der Waals surface area (Å²) in [5.41, 5.74) is 0. The van der Waals surface area contributed by atoms with Gasteiger partial charge in [0.1, 0.15) is 0 Å². The minimum atomic E-state index is -4.11. The fourth-order valence-corrected chi connectivity index (χ4v) is 1.41. The van der Waals surface area contributed by atoms with E-state index in [4.69, 9.17) is 16.2 Å². The van der Waals surface area contributed by atoms with Crippen molar-refractivity contribution in [2.45, 2.75) is 4.90 Å². The summed E-state index contributed by atoms with van der Waals surface area (Å²) in [6.07, 6.45) is 0. The Morgan fingerprint density at radius 3 is 2.25 bits per heavy atom. The van der Waals surface area contributed by atoms with Crippen LogP contribution in [0.25, 0.3) is 0 Å². The van der Waals surface area contributed by atoms with Gasteiger partial charge in [0.2, 0.25) is 0 Å². The van der Waals surface area contributed by atoms with Crippen molar-refractivity contribution in [1.82, 2.24) is 0 Å². The molecule has 1 aromatic rings. The van der Waals surface area contributed by atoms with E-state index in [9.17, 15) is 8.42 Å². The topological polar surface area (TPSA) is 54.4 Å². The van der Waals surface area contributed by atoms with Crippen molar-refractivity contribution >= 4 is 21.7 Å². The van der Waals surface area contributed by atoms with E-state index >= 15 is 0 Å². The first kappa shape index (κ1) is 11.4. The molecule has 0 bridgehead atoms. The van der Waals surface area contributed by atoms with E-state index in [2.05, 4.69) is 0 Å². The summed E-state index contributed by atoms with van der Waals surface area (Å²) in [6, 6.07) is 5.42. The minimum absolute atomic E-state index is 0. The Morgan fingerprint density at radius 2 is 1.92 bits per heavy atom. The molecule has 0 saturated heterocycles. The number of hydrogen-bond donors (Lipinski definition) is 1. The normalized spacial score (nSPS) is 10.5. The van der Waals surface area contributed by atoms with Crippen molar-refractivity contribution in [3.8, 4) is 0 Å². The van der Waals surface area contributed by atoms with E-state index < -0.39 is 10.1 Å². The molecule has 0 saturated carbocycles. The van der Waals surface area contributed by atoms with Crippen LogP contribution >= 0.6 is 11.6 Å². The molecule has 0 fully saturated rings. The van der Waals surface area contributed by atoms with Crippen LogP contribution in [0.15, 0.2) is 29.2 Å². The molecule has 0 unspecified atom stereocenters. The molecule has 0 spiro atoms. The maximum Gasteiger partial charge on any atom is 0.294 e. The second kappa shape index (κ2) is 3.84. The summed E-state index contributed by atoms with van der Waals surface area (Å²) in [7, 11) is -4.11. The van der Waals surface area contributed by atoms with Crippen LogP contribution in [0.5, 0.6) is 0 Å². The maximum absolute atomic E-state index is 10.5. The second-order valence-electron chi connectivity index (χ2n) is 1.93. The molecule has 0 aliphatic carbocycles. The molecule has 0 aromatic heterocycles. The quantitative estimate of drug-likeness (QED) is 0.722. The first-order valence-electron chi connectivity index (χ1n) is 2.73. The second-order valence-corrected chi connectivity index (χ2v) is 3.79. The molecule has 3 nitrogen and oxygen atoms in total. The van der Waals surface area contributed by atoms with Gasteiger partial charge in [0.25, 0.3) is 10.1 Å². The highest BCUT2D eigenvalue weighted by Gasteiger charge is 2.07. The number of hydrogen-bond acceptors (Lipinski definition) is 2. The summed E-state index contributed by atoms with van der Waals surface area (Å²) >= 11 is 5.48. The fraction of sp³-hybridized carbons (Fsp3) is 0. The zero-order valence-electron chi connectivity index (χ0n) is 5.77. The van der Waals surface area contributed by atoms with Gasteiger partial charge < -0.3 is 0 Å². The maximum atomic E-state index is 10.5. The lowest BCUT2D eigenvalue weighted by atomic mass is 10.4. The molecule has 0 heterocycles. The third-order valence-corrected chi connectivity index (χ3v) is 2.18. The van der Waals surface area contributed by atoms with Crippen LogP contribution in [0.1, 0.15) is 0 Å². The van der Waals surface area contributed by atoms with Crippen LogP contribution in [0, 0.1) is 0 Å². The molecule has 1 aromatic carbocycles. The average molecular weight is 213 g/mol. The highest BCUT2D eigenvalue weighted by molar-refractivity contribution is 7.85. The van der Waals surface area contributed by atoms with Gasteiger partial charge in [0.15, 0.2) is 0 Å². The minimum Gasteiger partial charge on any atom is -0.282 e. The Balaban J connectivity index is 0.00000121. The Hall–Kier alpha value is -0.650. The highest BCUT2D eigenvalue weighted by Crippen LogP contribution is 2.14. The lowest BCUT2D eigenvalue weighted by Gasteiger charge is -1.95. The molecule has 0 radical (unpaired) electrons. The Morgan fingerprint density at radius 1 is 1.33 bits per heavy atom. The van der Waals surface area contributed by atoms with E-state index in [0.717, 1.165) is 0 Å². The Kier molecular flexibility index (Phi) is 3.63. The zero-order valence-corrected chi connectivity index (χ0v) is 7.34. The molecule has 1 N–H and O–H groups in total. The summed E-state index contributed by atoms with van der Waals surface area (Å²) in [5.74, 6) is 0. The van der Waals surface area contributed by atoms with Crippen molar-refractivity contribution in [2.75, 3.05) is 0 Å². The number of halogens is 2. The number of rotatable bonds is 1. The molecule has 68 valence electrons. The van der Waals surface area contributed by atoms with Gasteiger partial charge in [-0.3, -0.25) is 9.26 Å². The van der Waals surface area contributed by atoms with Crippen LogP contribution in [0.2, 0.25) is 5.02 Å². The first-order valence-corrected chi connectivity index (χ1v) is 4.55. The van der Waals surface area contributed by atoms with Crippen molar-refractivity contribution < 1.29 is 17.7 Å². The lowest BCUT2D eigenvalue weighted by Crippen LogP contribution is -1.96. The van der Waals surface area contributed by atoms with Crippen molar-refractivity contribution in [3.05, 3.63) is 29.3 Å². The van der Waals surface area contributed by atoms with Gasteiger partial charge in [0.05, 0.1) is 4.90 Å². The van der Waals surface area contributed by atoms with Crippen LogP contribution in [0.3, 0.4) is 0 Å². The SMILES string of the molecule is F.O=S(=O)(O)c1cccc(Cl)c1. The van der Waals surface area contributed by atoms with Crippen molar-refractivity contribution in [3.63, 3.8) is 0 Å². The van der Waals surface area contributed by atoms with Crippen LogP contribution in [-0.2, 0) is 10.1 Å². The largest absolute Gasteiger partial charge is 0.294 e. The molecule has 1 rings (SSSR count). The molecule has 0 amide bonds. The summed E-state index contributed by atoms with van der Waals surface area (Å²) in [5, 5.41) is 0.278. The van der Waals surface area contributed by atoms with Gasteiger partial charge in [-0.1, -0.05) is 17.7 Å². The van der Waals surface area contributed by atoms with Gasteiger partial charge in [-0.2, -0.15) is 8.42 Å². The van der Waals surface area contributed by atoms with Crippen LogP contribution in [0.4, 0.5) is 4.70 Å². The van der Waals surface area contributed by atoms with E-state index in [0.29, 0.717) is 0 Å². The fourth-order valence-electron chi connectivity index (χ4n) is 0.627. The first-order chi connectivity index (χ1) is 5.00. The van der Waals surface area contributed by atoms with E-state index in [-0.39, 0.29) is 14.6 Å². The molecule has 12 heavy (non-hydrogen) atoms. The third-order valence-electron chi connectivity index (χ3n) is 1.09. The zero-order chi connectivity index (χ0) is 8.48. The average Bonchev–Trinajstić information content (AvgIpc) is 1.86. The molecule has 0 atom stereocenters. The van der Waals surface area contributed by atoms with E-state index in [1.165, 1.54) is 24.3 Å². The predicted octanol–water partition coefficient (Wildman–Crippen LogP) is 1.74. The van der Waals surface area contributed by atoms with Gasteiger partial charge in [-0.15, -0.1) is 0 Å². The predicted molar refractivity (Wildman–Crippen MR) is 43.8 cm³/mol. The highest BCUT2D eigenvalue weighted by atomic mass is 35.5. The van der Waals surface area contributed by atoms with Gasteiger partial charge >= 0.3 is 0 Å². The monoisotopic (exact) mass is 212 g/mol. The van der Waals surface area contributed by atoms with Crippen molar-refractivity contribution in [1.29, 1.82) is 0 Å². The van der Waals surface area contributed by atoms with E-state index in [1.54, 1.807) is 0 Å². The Bertz CT molecular complexity index is 363. The van der Waals surface area contributed by atoms with E-state index in [1.807, 2.05) is 0 Å². The van der Waals surface area contributed by atoms with Crippen molar-refractivity contribution in [2.24, 2.45) is 0 Å². The molecular formula is C6H6ClFO3S. The number of benzene rings is 1. The summed E-state index contributed by atoms with van der Waals surface area (Å²) in [4.78, 5) is -0.190. The molecular weight excluding hydrogens is 207 g/mol. The Labute approximate surface area is 74.1 Å². The molecule has 0 aliphatic rings. The third kappa shape index (κ3) is 2.77.